The van der Waals surface area contributed by atoms with Crippen LogP contribution in [0.4, 0.5) is 0 Å². The molecule has 0 spiro atoms. The van der Waals surface area contributed by atoms with Crippen LogP contribution in [0.2, 0.25) is 0 Å². The molecule has 0 bridgehead atoms. The highest BCUT2D eigenvalue weighted by Crippen LogP contribution is 2.46. The predicted octanol–water partition coefficient (Wildman–Crippen LogP) is 12.8. The van der Waals surface area contributed by atoms with Gasteiger partial charge in [0.25, 0.3) is 0 Å². The lowest BCUT2D eigenvalue weighted by Gasteiger charge is -2.20. The quantitative estimate of drug-likeness (QED) is 0.136. The fourth-order valence-electron chi connectivity index (χ4n) is 7.63. The van der Waals surface area contributed by atoms with E-state index in [0.717, 1.165) is 22.3 Å². The Morgan fingerprint density at radius 3 is 1.33 bits per heavy atom. The number of hydrogen-bond donors (Lipinski definition) is 0. The number of rotatable bonds is 5. The van der Waals surface area contributed by atoms with Gasteiger partial charge in [-0.2, -0.15) is 0 Å². The minimum Gasteiger partial charge on any atom is -0.208 e. The van der Waals surface area contributed by atoms with E-state index in [9.17, 15) is 0 Å². The second-order valence-electron chi connectivity index (χ2n) is 13.2. The second-order valence-corrected chi connectivity index (χ2v) is 13.2. The van der Waals surface area contributed by atoms with Crippen molar-refractivity contribution in [1.29, 1.82) is 0 Å². The van der Waals surface area contributed by atoms with E-state index in [1.165, 1.54) is 59.8 Å². The zero-order chi connectivity index (χ0) is 34.4. The molecular weight excluding hydrogens is 631 g/mol. The van der Waals surface area contributed by atoms with Gasteiger partial charge < -0.3 is 0 Å². The molecule has 3 nitrogen and oxygen atoms in total. The van der Waals surface area contributed by atoms with Gasteiger partial charge in [-0.3, -0.25) is 0 Å². The van der Waals surface area contributed by atoms with Gasteiger partial charge in [-0.15, -0.1) is 0 Å². The van der Waals surface area contributed by atoms with Crippen molar-refractivity contribution in [3.8, 4) is 56.4 Å². The maximum Gasteiger partial charge on any atom is 0.164 e. The summed E-state index contributed by atoms with van der Waals surface area (Å²) in [5, 5.41) is 9.91. The third-order valence-electron chi connectivity index (χ3n) is 10.1. The van der Waals surface area contributed by atoms with Gasteiger partial charge in [-0.25, -0.2) is 15.0 Å². The summed E-state index contributed by atoms with van der Waals surface area (Å²) in [5.41, 5.74) is 7.70. The summed E-state index contributed by atoms with van der Waals surface area (Å²) in [6, 6.07) is 66.6. The fraction of sp³-hybridized carbons (Fsp3) is 0. The van der Waals surface area contributed by atoms with E-state index >= 15 is 0 Å². The summed E-state index contributed by atoms with van der Waals surface area (Å²) in [4.78, 5) is 14.8. The number of aromatic nitrogens is 3. The Bertz CT molecular complexity index is 2880. The molecule has 0 saturated heterocycles. The van der Waals surface area contributed by atoms with Crippen molar-refractivity contribution in [1.82, 2.24) is 15.0 Å². The molecule has 0 N–H and O–H groups in total. The molecule has 242 valence electrons. The van der Waals surface area contributed by atoms with Crippen LogP contribution < -0.4 is 0 Å². The number of fused-ring (bicyclic) bond motifs is 5. The van der Waals surface area contributed by atoms with Gasteiger partial charge >= 0.3 is 0 Å². The van der Waals surface area contributed by atoms with Crippen LogP contribution in [0.25, 0.3) is 99.5 Å². The van der Waals surface area contributed by atoms with Gasteiger partial charge in [0.1, 0.15) is 0 Å². The number of nitrogens with zero attached hydrogens (tertiary/aromatic N) is 3. The Balaban J connectivity index is 1.19. The topological polar surface area (TPSA) is 38.7 Å². The molecule has 0 radical (unpaired) electrons. The molecule has 1 aromatic heterocycles. The van der Waals surface area contributed by atoms with Crippen molar-refractivity contribution >= 4 is 43.1 Å². The fourth-order valence-corrected chi connectivity index (χ4v) is 7.63. The molecule has 0 aliphatic carbocycles. The summed E-state index contributed by atoms with van der Waals surface area (Å²) in [6.07, 6.45) is 0. The summed E-state index contributed by atoms with van der Waals surface area (Å²) in [7, 11) is 0. The van der Waals surface area contributed by atoms with E-state index in [-0.39, 0.29) is 0 Å². The van der Waals surface area contributed by atoms with E-state index < -0.39 is 0 Å². The average Bonchev–Trinajstić information content (AvgIpc) is 3.23. The lowest BCUT2D eigenvalue weighted by Crippen LogP contribution is -2.00. The van der Waals surface area contributed by atoms with Crippen LogP contribution in [0.1, 0.15) is 0 Å². The first-order valence-electron chi connectivity index (χ1n) is 17.6. The van der Waals surface area contributed by atoms with Crippen LogP contribution >= 0.6 is 0 Å². The van der Waals surface area contributed by atoms with Crippen molar-refractivity contribution in [2.24, 2.45) is 0 Å². The van der Waals surface area contributed by atoms with Gasteiger partial charge in [0, 0.05) is 16.7 Å². The van der Waals surface area contributed by atoms with Gasteiger partial charge in [-0.05, 0) is 71.4 Å². The van der Waals surface area contributed by atoms with Crippen LogP contribution in [0.15, 0.2) is 188 Å². The van der Waals surface area contributed by atoms with E-state index in [1.54, 1.807) is 0 Å². The Labute approximate surface area is 301 Å². The van der Waals surface area contributed by atoms with Crippen LogP contribution in [0, 0.1) is 0 Å². The van der Waals surface area contributed by atoms with Gasteiger partial charge in [-0.1, -0.05) is 182 Å². The first kappa shape index (κ1) is 29.9. The molecule has 52 heavy (non-hydrogen) atoms. The van der Waals surface area contributed by atoms with Gasteiger partial charge in [0.05, 0.1) is 0 Å². The Morgan fingerprint density at radius 1 is 0.250 bits per heavy atom. The zero-order valence-corrected chi connectivity index (χ0v) is 28.2. The monoisotopic (exact) mass is 661 g/mol. The minimum atomic E-state index is 0.645. The third kappa shape index (κ3) is 5.10. The summed E-state index contributed by atoms with van der Waals surface area (Å²) < 4.78 is 0. The Morgan fingerprint density at radius 2 is 0.692 bits per heavy atom. The molecule has 1 heterocycles. The third-order valence-corrected chi connectivity index (χ3v) is 10.1. The van der Waals surface area contributed by atoms with Gasteiger partial charge in [0.15, 0.2) is 17.5 Å². The summed E-state index contributed by atoms with van der Waals surface area (Å²) in [6.45, 7) is 0. The molecule has 0 fully saturated rings. The molecule has 3 heteroatoms. The van der Waals surface area contributed by atoms with Crippen molar-refractivity contribution in [3.05, 3.63) is 188 Å². The van der Waals surface area contributed by atoms with E-state index in [2.05, 4.69) is 127 Å². The standard InChI is InChI=1S/C49H31N3/c1-3-15-35(16-4-1)47-50-48(36-17-5-2-6-18-36)52-49(51-47)37-26-24-34(25-27-37)44-41-21-11-12-22-42(41)45(39-28-23-32-13-7-8-19-38(32)31-39)46-40-20-10-9-14-33(40)29-30-43(44)46/h1-31H. The molecule has 9 aromatic carbocycles. The molecule has 0 aliphatic rings. The summed E-state index contributed by atoms with van der Waals surface area (Å²) >= 11 is 0. The van der Waals surface area contributed by atoms with Crippen LogP contribution in [-0.4, -0.2) is 15.0 Å². The van der Waals surface area contributed by atoms with Crippen LogP contribution in [0.5, 0.6) is 0 Å². The van der Waals surface area contributed by atoms with E-state index in [4.69, 9.17) is 15.0 Å². The molecular formula is C49H31N3. The largest absolute Gasteiger partial charge is 0.208 e. The van der Waals surface area contributed by atoms with Crippen molar-refractivity contribution < 1.29 is 0 Å². The van der Waals surface area contributed by atoms with Crippen LogP contribution in [-0.2, 0) is 0 Å². The molecule has 0 saturated carbocycles. The lowest BCUT2D eigenvalue weighted by molar-refractivity contribution is 1.07. The van der Waals surface area contributed by atoms with Crippen LogP contribution in [0.3, 0.4) is 0 Å². The maximum absolute atomic E-state index is 4.98. The average molecular weight is 662 g/mol. The maximum atomic E-state index is 4.98. The lowest BCUT2D eigenvalue weighted by atomic mass is 9.83. The highest BCUT2D eigenvalue weighted by Gasteiger charge is 2.19. The normalized spacial score (nSPS) is 11.5. The second kappa shape index (κ2) is 12.4. The molecule has 0 unspecified atom stereocenters. The molecule has 0 aliphatic heterocycles. The minimum absolute atomic E-state index is 0.645. The highest BCUT2D eigenvalue weighted by molar-refractivity contribution is 6.28. The summed E-state index contributed by atoms with van der Waals surface area (Å²) in [5.74, 6) is 1.95. The Hall–Kier alpha value is -6.97. The predicted molar refractivity (Wildman–Crippen MR) is 217 cm³/mol. The zero-order valence-electron chi connectivity index (χ0n) is 28.2. The van der Waals surface area contributed by atoms with E-state index in [0.29, 0.717) is 17.5 Å². The van der Waals surface area contributed by atoms with Gasteiger partial charge in [0.2, 0.25) is 0 Å². The molecule has 10 aromatic rings. The first-order chi connectivity index (χ1) is 25.8. The highest BCUT2D eigenvalue weighted by atomic mass is 15.0. The SMILES string of the molecule is c1ccc(-c2nc(-c3ccccc3)nc(-c3ccc(-c4c5ccccc5c(-c5ccc6ccccc6c5)c5c4ccc4ccccc45)cc3)n2)cc1. The number of hydrogen-bond acceptors (Lipinski definition) is 3. The van der Waals surface area contributed by atoms with Crippen molar-refractivity contribution in [2.45, 2.75) is 0 Å². The molecule has 0 atom stereocenters. The van der Waals surface area contributed by atoms with E-state index in [1.807, 2.05) is 60.7 Å². The molecule has 0 amide bonds. The smallest absolute Gasteiger partial charge is 0.164 e. The first-order valence-corrected chi connectivity index (χ1v) is 17.6. The number of benzene rings is 9. The van der Waals surface area contributed by atoms with Crippen molar-refractivity contribution in [3.63, 3.8) is 0 Å². The molecule has 10 rings (SSSR count). The van der Waals surface area contributed by atoms with Crippen molar-refractivity contribution in [2.75, 3.05) is 0 Å². The Kier molecular flexibility index (Phi) is 7.14.